The maximum atomic E-state index is 13.2. The molecule has 0 unspecified atom stereocenters. The van der Waals surface area contributed by atoms with Crippen molar-refractivity contribution in [1.29, 1.82) is 0 Å². The number of benzene rings is 1. The quantitative estimate of drug-likeness (QED) is 0.681. The molecule has 166 valence electrons. The predicted molar refractivity (Wildman–Crippen MR) is 113 cm³/mol. The van der Waals surface area contributed by atoms with Crippen LogP contribution in [0.4, 0.5) is 4.79 Å². The van der Waals surface area contributed by atoms with Crippen LogP contribution in [0, 0.1) is 0 Å². The van der Waals surface area contributed by atoms with Crippen LogP contribution in [0.5, 0.6) is 0 Å². The first-order valence-electron chi connectivity index (χ1n) is 10.7. The van der Waals surface area contributed by atoms with E-state index in [4.69, 9.17) is 14.2 Å². The van der Waals surface area contributed by atoms with E-state index in [1.165, 1.54) is 7.11 Å². The lowest BCUT2D eigenvalue weighted by molar-refractivity contribution is -0.158. The second-order valence-electron chi connectivity index (χ2n) is 9.23. The summed E-state index contributed by atoms with van der Waals surface area (Å²) in [4.78, 5) is 29.7. The summed E-state index contributed by atoms with van der Waals surface area (Å²) in [6.07, 6.45) is 1.25. The number of hydrogen-bond acceptors (Lipinski definition) is 6. The Bertz CT molecular complexity index is 733. The van der Waals surface area contributed by atoms with E-state index in [9.17, 15) is 9.59 Å². The first-order chi connectivity index (χ1) is 14.2. The zero-order valence-corrected chi connectivity index (χ0v) is 18.7. The molecule has 1 aromatic rings. The molecule has 2 saturated heterocycles. The molecule has 7 heteroatoms. The smallest absolute Gasteiger partial charge is 0.413 e. The Morgan fingerprint density at radius 3 is 2.47 bits per heavy atom. The highest BCUT2D eigenvalue weighted by molar-refractivity contribution is 5.80. The minimum atomic E-state index is -0.987. The van der Waals surface area contributed by atoms with Crippen LogP contribution in [0.1, 0.15) is 52.5 Å². The van der Waals surface area contributed by atoms with Crippen molar-refractivity contribution in [2.45, 2.75) is 76.9 Å². The molecule has 0 spiro atoms. The van der Waals surface area contributed by atoms with E-state index in [1.54, 1.807) is 4.90 Å². The zero-order chi connectivity index (χ0) is 21.9. The number of carbonyl (C=O) groups excluding carboxylic acids is 2. The largest absolute Gasteiger partial charge is 0.466 e. The first-order valence-corrected chi connectivity index (χ1v) is 10.7. The molecular formula is C23H34N2O5. The Labute approximate surface area is 179 Å². The van der Waals surface area contributed by atoms with Crippen molar-refractivity contribution in [3.8, 4) is 0 Å². The van der Waals surface area contributed by atoms with Gasteiger partial charge in [0, 0.05) is 6.54 Å². The molecule has 0 aromatic heterocycles. The summed E-state index contributed by atoms with van der Waals surface area (Å²) >= 11 is 0. The molecular weight excluding hydrogens is 384 g/mol. The van der Waals surface area contributed by atoms with Crippen molar-refractivity contribution in [3.05, 3.63) is 35.9 Å². The molecule has 0 N–H and O–H groups in total. The average Bonchev–Trinajstić information content (AvgIpc) is 2.94. The number of esters is 1. The van der Waals surface area contributed by atoms with E-state index in [1.807, 2.05) is 45.9 Å². The van der Waals surface area contributed by atoms with E-state index in [2.05, 4.69) is 17.0 Å². The van der Waals surface area contributed by atoms with E-state index < -0.39 is 29.4 Å². The normalized spacial score (nSPS) is 24.3. The fraction of sp³-hybridized carbons (Fsp3) is 0.652. The van der Waals surface area contributed by atoms with Crippen LogP contribution in [0.25, 0.3) is 0 Å². The van der Waals surface area contributed by atoms with Crippen molar-refractivity contribution in [2.75, 3.05) is 20.3 Å². The lowest BCUT2D eigenvalue weighted by Gasteiger charge is -2.41. The fourth-order valence-corrected chi connectivity index (χ4v) is 4.61. The molecule has 2 fully saturated rings. The number of piperidine rings is 1. The molecule has 30 heavy (non-hydrogen) atoms. The molecule has 1 aromatic carbocycles. The molecule has 7 nitrogen and oxygen atoms in total. The number of ether oxygens (including phenoxy) is 3. The second kappa shape index (κ2) is 8.94. The Balaban J connectivity index is 1.82. The molecule has 0 bridgehead atoms. The molecule has 2 heterocycles. The Morgan fingerprint density at radius 2 is 1.87 bits per heavy atom. The predicted octanol–water partition coefficient (Wildman–Crippen LogP) is 3.57. The number of rotatable bonds is 5. The number of likely N-dealkylation sites (tertiary alicyclic amines) is 1. The summed E-state index contributed by atoms with van der Waals surface area (Å²) in [7, 11) is 1.33. The third kappa shape index (κ3) is 4.78. The highest BCUT2D eigenvalue weighted by Crippen LogP contribution is 2.36. The number of carbonyl (C=O) groups is 2. The van der Waals surface area contributed by atoms with Gasteiger partial charge in [-0.15, -0.1) is 0 Å². The summed E-state index contributed by atoms with van der Waals surface area (Å²) in [5.74, 6) is -0.524. The topological polar surface area (TPSA) is 68.3 Å². The van der Waals surface area contributed by atoms with Crippen LogP contribution >= 0.6 is 0 Å². The molecule has 0 aliphatic carbocycles. The van der Waals surface area contributed by atoms with Crippen molar-refractivity contribution in [1.82, 2.24) is 9.80 Å². The van der Waals surface area contributed by atoms with Gasteiger partial charge in [0.05, 0.1) is 25.3 Å². The third-order valence-corrected chi connectivity index (χ3v) is 6.01. The average molecular weight is 419 g/mol. The number of hydrogen-bond donors (Lipinski definition) is 0. The summed E-state index contributed by atoms with van der Waals surface area (Å²) in [5.41, 5.74) is -0.177. The van der Waals surface area contributed by atoms with E-state index in [-0.39, 0.29) is 6.04 Å². The molecule has 1 amide bonds. The zero-order valence-electron chi connectivity index (χ0n) is 18.7. The van der Waals surface area contributed by atoms with Gasteiger partial charge in [-0.05, 0) is 52.6 Å². The minimum absolute atomic E-state index is 0.231. The van der Waals surface area contributed by atoms with Gasteiger partial charge in [-0.25, -0.2) is 9.59 Å². The van der Waals surface area contributed by atoms with Crippen LogP contribution in [-0.2, 0) is 25.5 Å². The molecule has 2 aliphatic heterocycles. The van der Waals surface area contributed by atoms with Gasteiger partial charge in [0.2, 0.25) is 6.10 Å². The van der Waals surface area contributed by atoms with Crippen molar-refractivity contribution < 1.29 is 23.8 Å². The van der Waals surface area contributed by atoms with E-state index >= 15 is 0 Å². The Hall–Kier alpha value is -2.12. The van der Waals surface area contributed by atoms with Gasteiger partial charge in [-0.2, -0.15) is 0 Å². The standard InChI is InChI=1S/C23H34N2O5/c1-22(2)16-29-23(3,4)25(22)21(27)30-19(20(26)28-5)18-13-9-10-14-24(18)15-17-11-7-6-8-12-17/h6-8,11-12,18-19H,9-10,13-16H2,1-5H3/t18-,19+/m1/s1. The molecule has 0 saturated carbocycles. The first kappa shape index (κ1) is 22.6. The van der Waals surface area contributed by atoms with Crippen molar-refractivity contribution in [2.24, 2.45) is 0 Å². The van der Waals surface area contributed by atoms with Crippen LogP contribution in [0.15, 0.2) is 30.3 Å². The Kier molecular flexibility index (Phi) is 6.72. The van der Waals surface area contributed by atoms with Gasteiger partial charge in [0.15, 0.2) is 0 Å². The van der Waals surface area contributed by atoms with E-state index in [0.717, 1.165) is 31.4 Å². The van der Waals surface area contributed by atoms with E-state index in [0.29, 0.717) is 13.2 Å². The van der Waals surface area contributed by atoms with Crippen molar-refractivity contribution in [3.63, 3.8) is 0 Å². The summed E-state index contributed by atoms with van der Waals surface area (Å²) in [6, 6.07) is 9.89. The summed E-state index contributed by atoms with van der Waals surface area (Å²) < 4.78 is 16.7. The van der Waals surface area contributed by atoms with Gasteiger partial charge < -0.3 is 14.2 Å². The molecule has 0 radical (unpaired) electrons. The van der Waals surface area contributed by atoms with Gasteiger partial charge in [-0.1, -0.05) is 36.8 Å². The maximum Gasteiger partial charge on any atom is 0.413 e. The van der Waals surface area contributed by atoms with Gasteiger partial charge in [0.25, 0.3) is 0 Å². The highest BCUT2D eigenvalue weighted by Gasteiger charge is 2.51. The number of methoxy groups -OCH3 is 1. The monoisotopic (exact) mass is 418 g/mol. The van der Waals surface area contributed by atoms with Gasteiger partial charge in [0.1, 0.15) is 5.72 Å². The minimum Gasteiger partial charge on any atom is -0.466 e. The lowest BCUT2D eigenvalue weighted by Crippen LogP contribution is -2.57. The number of nitrogens with zero attached hydrogens (tertiary/aromatic N) is 2. The van der Waals surface area contributed by atoms with Crippen molar-refractivity contribution >= 4 is 12.1 Å². The molecule has 2 aliphatic rings. The van der Waals surface area contributed by atoms with Crippen LogP contribution in [0.3, 0.4) is 0 Å². The summed E-state index contributed by atoms with van der Waals surface area (Å²) in [5, 5.41) is 0. The Morgan fingerprint density at radius 1 is 1.17 bits per heavy atom. The van der Waals surface area contributed by atoms with Crippen LogP contribution in [-0.4, -0.2) is 65.5 Å². The molecule has 2 atom stereocenters. The van der Waals surface area contributed by atoms with Crippen LogP contribution < -0.4 is 0 Å². The SMILES string of the molecule is COC(=O)[C@@H](OC(=O)N1C(C)(C)COC1(C)C)[C@H]1CCCCN1Cc1ccccc1. The highest BCUT2D eigenvalue weighted by atomic mass is 16.6. The maximum absolute atomic E-state index is 13.2. The fourth-order valence-electron chi connectivity index (χ4n) is 4.61. The third-order valence-electron chi connectivity index (χ3n) is 6.01. The number of amides is 1. The van der Waals surface area contributed by atoms with Crippen LogP contribution in [0.2, 0.25) is 0 Å². The second-order valence-corrected chi connectivity index (χ2v) is 9.23. The summed E-state index contributed by atoms with van der Waals surface area (Å²) in [6.45, 7) is 9.46. The molecule has 3 rings (SSSR count). The van der Waals surface area contributed by atoms with Gasteiger partial charge >= 0.3 is 12.1 Å². The lowest BCUT2D eigenvalue weighted by atomic mass is 9.96. The van der Waals surface area contributed by atoms with Gasteiger partial charge in [-0.3, -0.25) is 9.80 Å².